The van der Waals surface area contributed by atoms with Crippen molar-refractivity contribution in [3.63, 3.8) is 0 Å². The van der Waals surface area contributed by atoms with Crippen molar-refractivity contribution >= 4 is 34.8 Å². The molecule has 9 rings (SSSR count). The van der Waals surface area contributed by atoms with Crippen molar-refractivity contribution in [1.29, 1.82) is 0 Å². The molecule has 0 unspecified atom stereocenters. The Hall–Kier alpha value is -6.74. The van der Waals surface area contributed by atoms with Crippen molar-refractivity contribution in [1.82, 2.24) is 43.6 Å². The van der Waals surface area contributed by atoms with Crippen LogP contribution in [0.3, 0.4) is 0 Å². The Morgan fingerprint density at radius 1 is 0.484 bits per heavy atom. The van der Waals surface area contributed by atoms with Crippen molar-refractivity contribution in [2.75, 3.05) is 0 Å². The van der Waals surface area contributed by atoms with E-state index in [2.05, 4.69) is 29.9 Å². The van der Waals surface area contributed by atoms with Gasteiger partial charge in [-0.25, -0.2) is 52.0 Å². The number of hydrogen-bond donors (Lipinski definition) is 0. The number of benzene rings is 2. The normalized spacial score (nSPS) is 10.4. The number of imidazole rings is 3. The average Bonchev–Trinajstić information content (AvgIpc) is 4.02. The maximum atomic E-state index is 13.9. The van der Waals surface area contributed by atoms with Crippen molar-refractivity contribution in [3.8, 4) is 40.0 Å². The van der Waals surface area contributed by atoms with Gasteiger partial charge in [0.1, 0.15) is 75.4 Å². The van der Waals surface area contributed by atoms with Crippen LogP contribution in [0.25, 0.3) is 40.0 Å². The van der Waals surface area contributed by atoms with Crippen LogP contribution in [0.2, 0.25) is 15.5 Å². The largest absolute Gasteiger partial charge is 0.358 e. The molecule has 10 nitrogen and oxygen atoms in total. The average molecular weight is 928 g/mol. The quantitative estimate of drug-likeness (QED) is 0.0738. The second-order valence-corrected chi connectivity index (χ2v) is 15.2. The fourth-order valence-corrected chi connectivity index (χ4v) is 6.76. The minimum absolute atomic E-state index is 0. The van der Waals surface area contributed by atoms with E-state index < -0.39 is 23.3 Å². The number of pyridine rings is 4. The molecule has 0 radical (unpaired) electrons. The third-order valence-corrected chi connectivity index (χ3v) is 9.31. The summed E-state index contributed by atoms with van der Waals surface area (Å²) >= 11 is 16.9. The molecule has 17 heteroatoms. The highest BCUT2D eigenvalue weighted by atomic mass is 35.5. The lowest BCUT2D eigenvalue weighted by atomic mass is 10.1. The van der Waals surface area contributed by atoms with Gasteiger partial charge in [-0.2, -0.15) is 4.57 Å². The molecule has 0 amide bonds. The molecular formula is C47H41Cl3F4N10. The molecule has 0 aliphatic rings. The molecule has 0 spiro atoms. The van der Waals surface area contributed by atoms with E-state index in [1.54, 1.807) is 60.1 Å². The predicted molar refractivity (Wildman–Crippen MR) is 243 cm³/mol. The molecule has 9 aromatic rings. The summed E-state index contributed by atoms with van der Waals surface area (Å²) in [6, 6.07) is 21.6. The molecule has 0 aliphatic heterocycles. The summed E-state index contributed by atoms with van der Waals surface area (Å²) in [6.07, 6.45) is 15.9. The molecule has 2 aromatic carbocycles. The van der Waals surface area contributed by atoms with Crippen molar-refractivity contribution in [2.24, 2.45) is 7.05 Å². The molecule has 0 bridgehead atoms. The van der Waals surface area contributed by atoms with Crippen molar-refractivity contribution in [3.05, 3.63) is 210 Å². The molecule has 7 heterocycles. The van der Waals surface area contributed by atoms with Crippen LogP contribution < -0.4 is 4.57 Å². The molecule has 0 N–H and O–H groups in total. The van der Waals surface area contributed by atoms with Crippen LogP contribution in [0.5, 0.6) is 0 Å². The summed E-state index contributed by atoms with van der Waals surface area (Å²) in [6.45, 7) is 7.71. The molecule has 328 valence electrons. The van der Waals surface area contributed by atoms with Gasteiger partial charge < -0.3 is 7.43 Å². The number of halogens is 7. The van der Waals surface area contributed by atoms with E-state index in [9.17, 15) is 17.6 Å². The summed E-state index contributed by atoms with van der Waals surface area (Å²) < 4.78 is 61.0. The predicted octanol–water partition coefficient (Wildman–Crippen LogP) is 11.8. The number of nitrogens with zero attached hydrogens (tertiary/aromatic N) is 10. The maximum absolute atomic E-state index is 13.9. The van der Waals surface area contributed by atoms with E-state index in [4.69, 9.17) is 34.8 Å². The highest BCUT2D eigenvalue weighted by molar-refractivity contribution is 6.32. The Morgan fingerprint density at radius 3 is 1.27 bits per heavy atom. The van der Waals surface area contributed by atoms with E-state index in [1.165, 1.54) is 24.3 Å². The first-order chi connectivity index (χ1) is 30.1. The lowest BCUT2D eigenvalue weighted by Crippen LogP contribution is -2.23. The van der Waals surface area contributed by atoms with Gasteiger partial charge in [0.05, 0.1) is 18.4 Å². The van der Waals surface area contributed by atoms with Gasteiger partial charge in [0.15, 0.2) is 0 Å². The second kappa shape index (κ2) is 22.1. The van der Waals surface area contributed by atoms with Gasteiger partial charge in [0.25, 0.3) is 0 Å². The first-order valence-corrected chi connectivity index (χ1v) is 20.1. The third kappa shape index (κ3) is 13.4. The topological polar surface area (TPSA) is 96.0 Å². The Balaban J connectivity index is 0.000000167. The summed E-state index contributed by atoms with van der Waals surface area (Å²) in [7, 11) is 1.91. The van der Waals surface area contributed by atoms with Gasteiger partial charge in [-0.05, 0) is 117 Å². The molecule has 7 aromatic heterocycles. The fraction of sp³-hybridized carbons (Fsp3) is 0.106. The molecule has 0 fully saturated rings. The van der Waals surface area contributed by atoms with E-state index in [1.807, 2.05) is 97.6 Å². The zero-order valence-electron chi connectivity index (χ0n) is 35.4. The smallest absolute Gasteiger partial charge is 0.250 e. The molecular weight excluding hydrogens is 887 g/mol. The van der Waals surface area contributed by atoms with Crippen LogP contribution in [-0.4, -0.2) is 43.6 Å². The summed E-state index contributed by atoms with van der Waals surface area (Å²) in [5, 5.41) is 1.39. The monoisotopic (exact) mass is 926 g/mol. The van der Waals surface area contributed by atoms with Gasteiger partial charge in [-0.3, -0.25) is 9.13 Å². The Labute approximate surface area is 383 Å². The Kier molecular flexibility index (Phi) is 16.6. The van der Waals surface area contributed by atoms with E-state index >= 15 is 0 Å². The number of hydrogen-bond acceptors (Lipinski definition) is 6. The van der Waals surface area contributed by atoms with Gasteiger partial charge in [-0.1, -0.05) is 34.8 Å². The molecule has 0 atom stereocenters. The number of rotatable bonds is 5. The molecule has 0 saturated heterocycles. The summed E-state index contributed by atoms with van der Waals surface area (Å²) in [5.74, 6) is -0.315. The number of aromatic nitrogens is 10. The second-order valence-electron chi connectivity index (χ2n) is 14.1. The zero-order chi connectivity index (χ0) is 45.2. The highest BCUT2D eigenvalue weighted by Crippen LogP contribution is 2.26. The van der Waals surface area contributed by atoms with Crippen LogP contribution in [0.15, 0.2) is 141 Å². The number of aryl methyl sites for hydroxylation is 5. The summed E-state index contributed by atoms with van der Waals surface area (Å²) in [5.41, 5.74) is 5.51. The standard InChI is InChI=1S/C16H14F2N3.C15H11F2N3.C9H8ClN3.C6H5Cl2N.CH3/c1-11-7-15(13-4-3-12(17)9-14(13)18)19-16(8-11)21-6-5-20(2)10-21;1-10-6-14(12-3-2-11(16)8-13(12)17)19-15(7-10)20-5-4-18-9-20;1-7-4-8(10)12-9(5-7)13-3-2-11-6-13;1-4-2-5(7)9-6(8)3-4;/h3-10H,1-2H3;2-9H,1H3;2-6H,1H3;2-3H,1H3;1H3/q+1;;;;-1. The van der Waals surface area contributed by atoms with E-state index in [0.717, 1.165) is 40.2 Å². The molecule has 0 aliphatic carbocycles. The van der Waals surface area contributed by atoms with Gasteiger partial charge >= 0.3 is 0 Å². The van der Waals surface area contributed by atoms with Crippen LogP contribution in [0.4, 0.5) is 17.6 Å². The Bertz CT molecular complexity index is 2890. The van der Waals surface area contributed by atoms with Crippen LogP contribution in [0, 0.1) is 58.4 Å². The molecule has 64 heavy (non-hydrogen) atoms. The third-order valence-electron chi connectivity index (χ3n) is 8.73. The molecule has 0 saturated carbocycles. The van der Waals surface area contributed by atoms with Crippen molar-refractivity contribution < 1.29 is 22.1 Å². The lowest BCUT2D eigenvalue weighted by molar-refractivity contribution is -0.670. The first-order valence-electron chi connectivity index (χ1n) is 18.9. The van der Waals surface area contributed by atoms with E-state index in [0.29, 0.717) is 38.5 Å². The maximum Gasteiger partial charge on any atom is 0.250 e. The van der Waals surface area contributed by atoms with Crippen LogP contribution in [-0.2, 0) is 7.05 Å². The SMILES string of the molecule is Cc1cc(-c2ccc(F)cc2F)nc(-n2cc[n+](C)c2)c1.Cc1cc(-c2ccc(F)cc2F)nc(-n2ccnc2)c1.Cc1cc(Cl)nc(-n2ccnc2)c1.Cc1cc(Cl)nc(Cl)c1.[CH3-]. The Morgan fingerprint density at radius 2 is 0.891 bits per heavy atom. The van der Waals surface area contributed by atoms with Crippen LogP contribution >= 0.6 is 34.8 Å². The minimum atomic E-state index is -0.625. The summed E-state index contributed by atoms with van der Waals surface area (Å²) in [4.78, 5) is 24.7. The zero-order valence-corrected chi connectivity index (χ0v) is 37.7. The van der Waals surface area contributed by atoms with Gasteiger partial charge in [0, 0.05) is 54.1 Å². The lowest BCUT2D eigenvalue weighted by Gasteiger charge is -2.08. The van der Waals surface area contributed by atoms with E-state index in [-0.39, 0.29) is 18.6 Å². The van der Waals surface area contributed by atoms with Crippen molar-refractivity contribution in [2.45, 2.75) is 27.7 Å². The van der Waals surface area contributed by atoms with Gasteiger partial charge in [0.2, 0.25) is 12.1 Å². The first kappa shape index (κ1) is 48.3. The fourth-order valence-electron chi connectivity index (χ4n) is 5.93. The highest BCUT2D eigenvalue weighted by Gasteiger charge is 2.14. The minimum Gasteiger partial charge on any atom is -0.358 e. The van der Waals surface area contributed by atoms with Gasteiger partial charge in [-0.15, -0.1) is 0 Å². The van der Waals surface area contributed by atoms with Crippen LogP contribution in [0.1, 0.15) is 22.3 Å².